The van der Waals surface area contributed by atoms with Crippen molar-refractivity contribution in [3.63, 3.8) is 0 Å². The molecule has 14 heteroatoms. The molecule has 0 radical (unpaired) electrons. The maximum Gasteiger partial charge on any atom is 0.283 e. The Morgan fingerprint density at radius 1 is 0.500 bits per heavy atom. The Bertz CT molecular complexity index is 3820. The number of methoxy groups -OCH3 is 4. The van der Waals surface area contributed by atoms with Crippen LogP contribution in [0, 0.1) is 45.3 Å². The van der Waals surface area contributed by atoms with Crippen molar-refractivity contribution in [2.24, 2.45) is 66.8 Å². The summed E-state index contributed by atoms with van der Waals surface area (Å²) in [7, 11) is -9.64. The number of hydrogen-bond acceptors (Lipinski definition) is 10. The van der Waals surface area contributed by atoms with Gasteiger partial charge in [-0.05, 0) is 241 Å². The van der Waals surface area contributed by atoms with Gasteiger partial charge in [-0.1, -0.05) is 129 Å². The van der Waals surface area contributed by atoms with Crippen molar-refractivity contribution in [3.8, 4) is 0 Å². The lowest BCUT2D eigenvalue weighted by atomic mass is 9.59. The SMILES string of the molecule is [2H]C([2H])([2H])O[C@@H]1CC[C@]2(Cc3ccc(Br)cc3C23N=C(N)OC3([2H])[2H])C[C@H]1C.[2H]C([2H])([2H])O[C@H]1CC[C@@]2(Cc3ccc(Br)cc3C23N=C(N)OC3([2H])[2H])C[C@@H]1C.[2H]C([2H])=C1c2cc(Br)ccc2C[C@@]12CC[C@H](OC([2H])([2H])[2H])[C@@H](C)C2.[2H]C([2H])=C1c2cc(Br)ccc2C[C@]12CC[C@@H](OC([2H])([2H])[2H])[C@H](C)C2. The number of amidine groups is 2. The molecule has 452 valence electrons. The van der Waals surface area contributed by atoms with Crippen molar-refractivity contribution in [3.05, 3.63) is 148 Å². The van der Waals surface area contributed by atoms with E-state index in [0.29, 0.717) is 64.2 Å². The highest BCUT2D eigenvalue weighted by atomic mass is 79.9. The van der Waals surface area contributed by atoms with Crippen LogP contribution in [0.4, 0.5) is 0 Å². The predicted octanol–water partition coefficient (Wildman–Crippen LogP) is 16.4. The molecule has 4 fully saturated rings. The minimum atomic E-state index is -2.45. The van der Waals surface area contributed by atoms with Gasteiger partial charge in [0.05, 0.1) is 51.8 Å². The molecule has 10 aliphatic rings. The fraction of sp³-hybridized carbons (Fsp3) is 0.571. The summed E-state index contributed by atoms with van der Waals surface area (Å²) in [5.74, 6) is 0.00538. The molecule has 4 aromatic rings. The molecule has 0 amide bonds. The van der Waals surface area contributed by atoms with Gasteiger partial charge < -0.3 is 39.9 Å². The molecule has 10 nitrogen and oxygen atoms in total. The Balaban J connectivity index is 0.000000139. The van der Waals surface area contributed by atoms with Crippen molar-refractivity contribution in [2.45, 2.75) is 166 Å². The molecule has 2 heterocycles. The minimum absolute atomic E-state index is 0.0726. The molecule has 0 saturated heterocycles. The maximum atomic E-state index is 8.70. The molecule has 4 N–H and O–H groups in total. The summed E-state index contributed by atoms with van der Waals surface area (Å²) in [6.45, 7) is 3.50. The number of ether oxygens (including phenoxy) is 6. The second-order valence-electron chi connectivity index (χ2n) is 26.0. The molecule has 2 aliphatic heterocycles. The van der Waals surface area contributed by atoms with Crippen LogP contribution < -0.4 is 11.5 Å². The lowest BCUT2D eigenvalue weighted by Crippen LogP contribution is -2.48. The summed E-state index contributed by atoms with van der Waals surface area (Å²) in [6.07, 6.45) is 9.12. The van der Waals surface area contributed by atoms with E-state index >= 15 is 0 Å². The zero-order valence-corrected chi connectivity index (χ0v) is 54.2. The molecule has 4 saturated carbocycles. The molecule has 14 atom stereocenters. The van der Waals surface area contributed by atoms with E-state index in [1.807, 2.05) is 88.4 Å². The normalized spacial score (nSPS) is 41.6. The van der Waals surface area contributed by atoms with Crippen LogP contribution in [-0.4, -0.2) is 77.7 Å². The molecular formula is C70H88Br4N4O6. The standard InChI is InChI=1S/2C18H23BrN2O2.2C17H21BrO/c2*1-11-8-17(6-5-15(11)22-2)9-12-3-4-13(19)7-14(12)18(17)10-23-16(20)21-18;2*1-11-9-17(7-6-16(11)19-3)10-13-4-5-14(18)8-15(13)12(17)2/h2*3-4,7,11,15H,5-6,8-10H2,1-2H3,(H2,20,21);2*4-5,8,11,16H,2,6-7,9-10H2,1,3H3/t2*11-,15-,17-,18?;2*11-,16-,17-/m1010/s1/i2*2D3,10D2;2*2D2,3D3. The highest BCUT2D eigenvalue weighted by molar-refractivity contribution is 9.11. The Hall–Kier alpha value is -3.34. The van der Waals surface area contributed by atoms with Crippen molar-refractivity contribution < 1.29 is 55.8 Å². The highest BCUT2D eigenvalue weighted by Crippen LogP contribution is 2.64. The number of nitrogens with two attached hydrogens (primary N) is 2. The Labute approximate surface area is 562 Å². The number of rotatable bonds is 4. The third-order valence-corrected chi connectivity index (χ3v) is 23.1. The number of aliphatic imine (C=N–C) groups is 2. The summed E-state index contributed by atoms with van der Waals surface area (Å²) in [5.41, 5.74) is 17.2. The van der Waals surface area contributed by atoms with Gasteiger partial charge in [-0.25, -0.2) is 9.98 Å². The van der Waals surface area contributed by atoms with E-state index in [-0.39, 0.29) is 71.8 Å². The van der Waals surface area contributed by atoms with E-state index in [0.717, 1.165) is 101 Å². The van der Waals surface area contributed by atoms with Gasteiger partial charge in [0.2, 0.25) is 0 Å². The molecule has 14 rings (SSSR count). The Kier molecular flexibility index (Phi) is 12.1. The van der Waals surface area contributed by atoms with Gasteiger partial charge in [-0.3, -0.25) is 0 Å². The fourth-order valence-electron chi connectivity index (χ4n) is 17.0. The first-order valence-corrected chi connectivity index (χ1v) is 32.5. The highest BCUT2D eigenvalue weighted by Gasteiger charge is 2.64. The van der Waals surface area contributed by atoms with E-state index < -0.39 is 75.4 Å². The van der Waals surface area contributed by atoms with Crippen LogP contribution in [0.3, 0.4) is 0 Å². The lowest BCUT2D eigenvalue weighted by molar-refractivity contribution is -0.0445. The average Bonchev–Trinajstić information content (AvgIpc) is 1.51. The van der Waals surface area contributed by atoms with Crippen molar-refractivity contribution >= 4 is 86.9 Å². The fourth-order valence-corrected chi connectivity index (χ4v) is 18.5. The summed E-state index contributed by atoms with van der Waals surface area (Å²) in [6, 6.07) is 23.5. The van der Waals surface area contributed by atoms with Crippen molar-refractivity contribution in [2.75, 3.05) is 41.3 Å². The third kappa shape index (κ3) is 10.9. The largest absolute Gasteiger partial charge is 0.462 e. The van der Waals surface area contributed by atoms with E-state index in [9.17, 15) is 0 Å². The second-order valence-corrected chi connectivity index (χ2v) is 29.7. The summed E-state index contributed by atoms with van der Waals surface area (Å²) in [5, 5.41) is 0. The Morgan fingerprint density at radius 2 is 0.845 bits per heavy atom. The van der Waals surface area contributed by atoms with Crippen LogP contribution in [-0.2, 0) is 65.2 Å². The second kappa shape index (κ2) is 24.2. The van der Waals surface area contributed by atoms with Crippen LogP contribution in [0.2, 0.25) is 0 Å². The zero-order chi connectivity index (χ0) is 76.5. The Morgan fingerprint density at radius 3 is 1.17 bits per heavy atom. The molecule has 84 heavy (non-hydrogen) atoms. The van der Waals surface area contributed by atoms with Crippen LogP contribution in [0.5, 0.6) is 0 Å². The van der Waals surface area contributed by atoms with Gasteiger partial charge in [0.15, 0.2) is 0 Å². The van der Waals surface area contributed by atoms with Gasteiger partial charge >= 0.3 is 0 Å². The van der Waals surface area contributed by atoms with Gasteiger partial charge in [-0.2, -0.15) is 0 Å². The van der Waals surface area contributed by atoms with Gasteiger partial charge in [0.25, 0.3) is 12.0 Å². The minimum Gasteiger partial charge on any atom is -0.462 e. The molecule has 6 spiro atoms. The van der Waals surface area contributed by atoms with E-state index in [1.165, 1.54) is 11.1 Å². The number of halogens is 4. The average molecular weight is 1420 g/mol. The number of fused-ring (bicyclic) bond motifs is 8. The number of nitrogens with zero attached hydrogens (tertiary/aromatic N) is 2. The zero-order valence-electron chi connectivity index (χ0n) is 67.9. The van der Waals surface area contributed by atoms with Gasteiger partial charge in [-0.15, -0.1) is 0 Å². The summed E-state index contributed by atoms with van der Waals surface area (Å²) < 4.78 is 191. The van der Waals surface area contributed by atoms with Crippen LogP contribution in [0.15, 0.2) is 114 Å². The van der Waals surface area contributed by atoms with Crippen molar-refractivity contribution in [1.82, 2.24) is 0 Å². The lowest BCUT2D eigenvalue weighted by Gasteiger charge is -2.47. The predicted molar refractivity (Wildman–Crippen MR) is 353 cm³/mol. The molecule has 4 aromatic carbocycles. The van der Waals surface area contributed by atoms with Crippen molar-refractivity contribution in [1.29, 1.82) is 0 Å². The van der Waals surface area contributed by atoms with E-state index in [4.69, 9.17) is 67.3 Å². The van der Waals surface area contributed by atoms with E-state index in [1.54, 1.807) is 0 Å². The molecule has 0 aromatic heterocycles. The van der Waals surface area contributed by atoms with Crippen LogP contribution in [0.1, 0.15) is 177 Å². The molecular weight excluding hydrogens is 1310 g/mol. The van der Waals surface area contributed by atoms with Gasteiger partial charge in [0, 0.05) is 56.9 Å². The smallest absolute Gasteiger partial charge is 0.283 e. The number of allylic oxidation sites excluding steroid dienone is 2. The van der Waals surface area contributed by atoms with Crippen LogP contribution >= 0.6 is 63.7 Å². The topological polar surface area (TPSA) is 132 Å². The maximum absolute atomic E-state index is 8.70. The summed E-state index contributed by atoms with van der Waals surface area (Å²) in [4.78, 5) is 9.18. The monoisotopic (exact) mass is 1420 g/mol. The number of benzene rings is 4. The van der Waals surface area contributed by atoms with E-state index in [2.05, 4.69) is 85.8 Å². The third-order valence-electron chi connectivity index (χ3n) is 21.1. The number of hydrogen-bond donors (Lipinski definition) is 2. The quantitative estimate of drug-likeness (QED) is 0.206. The molecule has 0 bridgehead atoms. The summed E-state index contributed by atoms with van der Waals surface area (Å²) >= 11 is 13.9. The van der Waals surface area contributed by atoms with Gasteiger partial charge in [0.1, 0.15) is 24.2 Å². The first-order valence-electron chi connectivity index (χ1n) is 39.3. The first kappa shape index (κ1) is 41.8. The first-order chi connectivity index (χ1) is 48.0. The van der Waals surface area contributed by atoms with Crippen LogP contribution in [0.25, 0.3) is 11.1 Å². The molecule has 2 unspecified atom stereocenters. The molecule has 8 aliphatic carbocycles.